The molecule has 0 bridgehead atoms. The van der Waals surface area contributed by atoms with Crippen LogP contribution in [0.15, 0.2) is 109 Å². The summed E-state index contributed by atoms with van der Waals surface area (Å²) in [5.41, 5.74) is 0. The lowest BCUT2D eigenvalue weighted by molar-refractivity contribution is -0.162. The summed E-state index contributed by atoms with van der Waals surface area (Å²) in [6, 6.07) is 0. The lowest BCUT2D eigenvalue weighted by atomic mass is 10.1. The summed E-state index contributed by atoms with van der Waals surface area (Å²) >= 11 is 0. The first-order valence-corrected chi connectivity index (χ1v) is 23.4. The molecule has 58 heavy (non-hydrogen) atoms. The molecule has 0 heterocycles. The number of carbonyl (C=O) groups is 2. The van der Waals surface area contributed by atoms with Crippen molar-refractivity contribution >= 4 is 11.9 Å². The molecule has 0 fully saturated rings. The average molecular weight is 803 g/mol. The van der Waals surface area contributed by atoms with Crippen molar-refractivity contribution in [1.29, 1.82) is 0 Å². The molecular weight excluding hydrogens is 717 g/mol. The maximum Gasteiger partial charge on any atom is 0.306 e. The smallest absolute Gasteiger partial charge is 0.306 e. The Hall–Kier alpha value is -3.44. The summed E-state index contributed by atoms with van der Waals surface area (Å²) in [5.74, 6) is -0.517. The highest BCUT2D eigenvalue weighted by Crippen LogP contribution is 2.12. The Bertz CT molecular complexity index is 1180. The van der Waals surface area contributed by atoms with E-state index in [9.17, 15) is 9.59 Å². The fourth-order valence-corrected chi connectivity index (χ4v) is 5.90. The molecule has 0 saturated carbocycles. The number of allylic oxidation sites excluding steroid dienone is 18. The largest absolute Gasteiger partial charge is 0.462 e. The van der Waals surface area contributed by atoms with Gasteiger partial charge in [0.25, 0.3) is 0 Å². The molecule has 0 aromatic heterocycles. The van der Waals surface area contributed by atoms with Crippen LogP contribution in [0.3, 0.4) is 0 Å². The van der Waals surface area contributed by atoms with Crippen LogP contribution >= 0.6 is 0 Å². The minimum atomic E-state index is -0.574. The van der Waals surface area contributed by atoms with E-state index in [2.05, 4.69) is 124 Å². The van der Waals surface area contributed by atoms with Crippen molar-refractivity contribution in [3.8, 4) is 0 Å². The monoisotopic (exact) mass is 803 g/mol. The number of esters is 2. The molecule has 0 radical (unpaired) electrons. The number of rotatable bonds is 41. The summed E-state index contributed by atoms with van der Waals surface area (Å²) in [5, 5.41) is 0. The maximum atomic E-state index is 12.7. The van der Waals surface area contributed by atoms with E-state index in [4.69, 9.17) is 14.2 Å². The lowest BCUT2D eigenvalue weighted by Crippen LogP contribution is -2.30. The van der Waals surface area contributed by atoms with Crippen molar-refractivity contribution < 1.29 is 23.8 Å². The van der Waals surface area contributed by atoms with Crippen LogP contribution < -0.4 is 0 Å². The molecule has 0 spiro atoms. The van der Waals surface area contributed by atoms with Gasteiger partial charge in [0.05, 0.1) is 6.61 Å². The molecule has 1 atom stereocenters. The number of unbranched alkanes of at least 4 members (excludes halogenated alkanes) is 12. The highest BCUT2D eigenvalue weighted by Gasteiger charge is 2.17. The molecule has 328 valence electrons. The van der Waals surface area contributed by atoms with E-state index in [0.717, 1.165) is 96.3 Å². The van der Waals surface area contributed by atoms with Crippen molar-refractivity contribution in [2.45, 2.75) is 194 Å². The van der Waals surface area contributed by atoms with Gasteiger partial charge in [-0.3, -0.25) is 9.59 Å². The molecule has 0 aromatic carbocycles. The molecule has 0 aliphatic heterocycles. The molecule has 0 aliphatic rings. The van der Waals surface area contributed by atoms with E-state index in [-0.39, 0.29) is 25.2 Å². The molecule has 0 aliphatic carbocycles. The highest BCUT2D eigenvalue weighted by molar-refractivity contribution is 5.70. The van der Waals surface area contributed by atoms with Crippen LogP contribution in [0.5, 0.6) is 0 Å². The Morgan fingerprint density at radius 1 is 0.397 bits per heavy atom. The Labute approximate surface area is 357 Å². The highest BCUT2D eigenvalue weighted by atomic mass is 16.6. The Morgan fingerprint density at radius 2 is 0.810 bits per heavy atom. The second-order valence-electron chi connectivity index (χ2n) is 14.9. The molecular formula is C53H86O5. The molecule has 0 rings (SSSR count). The quantitative estimate of drug-likeness (QED) is 0.0350. The van der Waals surface area contributed by atoms with Gasteiger partial charge in [-0.25, -0.2) is 0 Å². The Kier molecular flexibility index (Phi) is 45.1. The SMILES string of the molecule is CC/C=C\C/C=C\C/C=C\C/C=C\C/C=C\C/C=C\CCC(=O)OCC(COCCCCCCCC)OC(=O)CCCCCCCCC/C=C\C/C=C\C/C=C\CC. The summed E-state index contributed by atoms with van der Waals surface area (Å²) in [6.07, 6.45) is 65.4. The van der Waals surface area contributed by atoms with Gasteiger partial charge in [0.2, 0.25) is 0 Å². The summed E-state index contributed by atoms with van der Waals surface area (Å²) in [4.78, 5) is 25.2. The molecule has 5 nitrogen and oxygen atoms in total. The van der Waals surface area contributed by atoms with Gasteiger partial charge in [0, 0.05) is 19.4 Å². The van der Waals surface area contributed by atoms with Crippen LogP contribution in [-0.4, -0.2) is 37.9 Å². The third-order valence-corrected chi connectivity index (χ3v) is 9.32. The van der Waals surface area contributed by atoms with Gasteiger partial charge >= 0.3 is 11.9 Å². The Morgan fingerprint density at radius 3 is 1.31 bits per heavy atom. The van der Waals surface area contributed by atoms with Crippen LogP contribution in [-0.2, 0) is 23.8 Å². The zero-order valence-electron chi connectivity index (χ0n) is 37.5. The van der Waals surface area contributed by atoms with Crippen LogP contribution in [0.2, 0.25) is 0 Å². The average Bonchev–Trinajstić information content (AvgIpc) is 3.22. The molecule has 0 amide bonds. The van der Waals surface area contributed by atoms with Gasteiger partial charge in [0.1, 0.15) is 6.61 Å². The maximum absolute atomic E-state index is 12.7. The number of hydrogen-bond donors (Lipinski definition) is 0. The van der Waals surface area contributed by atoms with Gasteiger partial charge in [0.15, 0.2) is 6.10 Å². The van der Waals surface area contributed by atoms with Crippen molar-refractivity contribution in [1.82, 2.24) is 0 Å². The van der Waals surface area contributed by atoms with E-state index in [1.54, 1.807) is 0 Å². The van der Waals surface area contributed by atoms with E-state index in [0.29, 0.717) is 25.9 Å². The van der Waals surface area contributed by atoms with E-state index in [1.165, 1.54) is 51.4 Å². The fourth-order valence-electron chi connectivity index (χ4n) is 5.90. The van der Waals surface area contributed by atoms with E-state index < -0.39 is 6.10 Å². The molecule has 1 unspecified atom stereocenters. The molecule has 0 aromatic rings. The summed E-state index contributed by atoms with van der Waals surface area (Å²) in [6.45, 7) is 7.45. The topological polar surface area (TPSA) is 61.8 Å². The second-order valence-corrected chi connectivity index (χ2v) is 14.9. The van der Waals surface area contributed by atoms with Gasteiger partial charge in [-0.2, -0.15) is 0 Å². The standard InChI is InChI=1S/C53H86O5/c1-4-7-10-13-16-18-20-22-24-26-27-29-30-32-34-36-38-40-43-46-52(54)57-50-51(49-56-48-45-42-15-12-9-6-3)58-53(55)47-44-41-39-37-35-33-31-28-25-23-21-19-17-14-11-8-5-2/h7-8,10-11,16-19,22-25,27,29,32,34,38,40,51H,4-6,9,12-15,20-21,26,28,30-31,33,35-37,39,41-50H2,1-3H3/b10-7-,11-8-,18-16-,19-17-,24-22-,25-23-,29-27-,34-32-,40-38-. The minimum absolute atomic E-state index is 0.0351. The van der Waals surface area contributed by atoms with Crippen LogP contribution in [0.4, 0.5) is 0 Å². The molecule has 0 saturated heterocycles. The predicted octanol–water partition coefficient (Wildman–Crippen LogP) is 15.7. The van der Waals surface area contributed by atoms with Gasteiger partial charge in [-0.15, -0.1) is 0 Å². The van der Waals surface area contributed by atoms with Gasteiger partial charge in [-0.1, -0.05) is 194 Å². The summed E-state index contributed by atoms with van der Waals surface area (Å²) in [7, 11) is 0. The van der Waals surface area contributed by atoms with E-state index >= 15 is 0 Å². The van der Waals surface area contributed by atoms with E-state index in [1.807, 2.05) is 6.08 Å². The zero-order chi connectivity index (χ0) is 42.1. The van der Waals surface area contributed by atoms with Crippen LogP contribution in [0.1, 0.15) is 188 Å². The third kappa shape index (κ3) is 45.3. The summed E-state index contributed by atoms with van der Waals surface area (Å²) < 4.78 is 17.1. The fraction of sp³-hybridized carbons (Fsp3) is 0.623. The lowest BCUT2D eigenvalue weighted by Gasteiger charge is -2.18. The normalized spacial score (nSPS) is 13.2. The number of carbonyl (C=O) groups excluding carboxylic acids is 2. The second kappa shape index (κ2) is 47.9. The predicted molar refractivity (Wildman–Crippen MR) is 251 cm³/mol. The van der Waals surface area contributed by atoms with Crippen molar-refractivity contribution in [3.05, 3.63) is 109 Å². The first-order chi connectivity index (χ1) is 28.6. The van der Waals surface area contributed by atoms with Crippen molar-refractivity contribution in [2.24, 2.45) is 0 Å². The van der Waals surface area contributed by atoms with Gasteiger partial charge in [-0.05, 0) is 89.9 Å². The van der Waals surface area contributed by atoms with Crippen LogP contribution in [0.25, 0.3) is 0 Å². The first-order valence-electron chi connectivity index (χ1n) is 23.4. The number of hydrogen-bond acceptors (Lipinski definition) is 5. The molecule has 5 heteroatoms. The Balaban J connectivity index is 4.27. The van der Waals surface area contributed by atoms with Crippen LogP contribution in [0, 0.1) is 0 Å². The molecule has 0 N–H and O–H groups in total. The van der Waals surface area contributed by atoms with Crippen molar-refractivity contribution in [2.75, 3.05) is 19.8 Å². The first kappa shape index (κ1) is 54.6. The third-order valence-electron chi connectivity index (χ3n) is 9.32. The number of ether oxygens (including phenoxy) is 3. The zero-order valence-corrected chi connectivity index (χ0v) is 37.5. The minimum Gasteiger partial charge on any atom is -0.462 e. The van der Waals surface area contributed by atoms with Crippen molar-refractivity contribution in [3.63, 3.8) is 0 Å². The van der Waals surface area contributed by atoms with Gasteiger partial charge < -0.3 is 14.2 Å².